The number of carbonyl (C=O) groups is 2. The molecular formula is C14H21N3O2. The lowest BCUT2D eigenvalue weighted by atomic mass is 10.0. The minimum absolute atomic E-state index is 0.0431. The highest BCUT2D eigenvalue weighted by atomic mass is 16.2. The summed E-state index contributed by atoms with van der Waals surface area (Å²) in [6, 6.07) is 4.45. The van der Waals surface area contributed by atoms with Gasteiger partial charge in [0.2, 0.25) is 5.91 Å². The number of nitrogens with one attached hydrogen (secondary N) is 2. The van der Waals surface area contributed by atoms with Crippen LogP contribution in [-0.2, 0) is 4.79 Å². The van der Waals surface area contributed by atoms with E-state index in [4.69, 9.17) is 5.73 Å². The molecule has 0 aliphatic heterocycles. The average molecular weight is 263 g/mol. The van der Waals surface area contributed by atoms with Crippen molar-refractivity contribution in [2.24, 2.45) is 11.7 Å². The number of hydrogen-bond donors (Lipinski definition) is 3. The normalized spacial score (nSPS) is 12.1. The largest absolute Gasteiger partial charge is 0.352 e. The van der Waals surface area contributed by atoms with Crippen LogP contribution in [0, 0.1) is 19.8 Å². The van der Waals surface area contributed by atoms with E-state index in [9.17, 15) is 9.59 Å². The van der Waals surface area contributed by atoms with Crippen LogP contribution in [0.3, 0.4) is 0 Å². The summed E-state index contributed by atoms with van der Waals surface area (Å²) in [7, 11) is 0. The van der Waals surface area contributed by atoms with Gasteiger partial charge in [-0.15, -0.1) is 0 Å². The van der Waals surface area contributed by atoms with Crippen LogP contribution in [0.2, 0.25) is 0 Å². The van der Waals surface area contributed by atoms with Gasteiger partial charge in [-0.1, -0.05) is 19.9 Å². The molecule has 0 aromatic heterocycles. The Labute approximate surface area is 113 Å². The third-order valence-electron chi connectivity index (χ3n) is 2.74. The fourth-order valence-corrected chi connectivity index (χ4v) is 1.96. The Kier molecular flexibility index (Phi) is 4.92. The fourth-order valence-electron chi connectivity index (χ4n) is 1.96. The van der Waals surface area contributed by atoms with E-state index < -0.39 is 12.1 Å². The first kappa shape index (κ1) is 15.0. The molecule has 0 saturated heterocycles. The van der Waals surface area contributed by atoms with Crippen molar-refractivity contribution in [2.75, 3.05) is 5.32 Å². The van der Waals surface area contributed by atoms with E-state index in [1.807, 2.05) is 45.9 Å². The molecule has 5 heteroatoms. The van der Waals surface area contributed by atoms with E-state index >= 15 is 0 Å². The predicted molar refractivity (Wildman–Crippen MR) is 75.9 cm³/mol. The number of benzene rings is 1. The van der Waals surface area contributed by atoms with E-state index in [2.05, 4.69) is 10.6 Å². The SMILES string of the molecule is Cc1cc(C)cc(NC(=O)[C@@H](NC(N)=O)C(C)C)c1. The van der Waals surface area contributed by atoms with Crippen LogP contribution in [0.4, 0.5) is 10.5 Å². The number of urea groups is 1. The van der Waals surface area contributed by atoms with Crippen LogP contribution in [0.1, 0.15) is 25.0 Å². The van der Waals surface area contributed by atoms with Gasteiger partial charge in [-0.2, -0.15) is 0 Å². The lowest BCUT2D eigenvalue weighted by molar-refractivity contribution is -0.118. The zero-order valence-corrected chi connectivity index (χ0v) is 11.8. The van der Waals surface area contributed by atoms with Crippen LogP contribution >= 0.6 is 0 Å². The minimum Gasteiger partial charge on any atom is -0.352 e. The van der Waals surface area contributed by atoms with Crippen molar-refractivity contribution >= 4 is 17.6 Å². The minimum atomic E-state index is -0.700. The zero-order chi connectivity index (χ0) is 14.6. The van der Waals surface area contributed by atoms with Crippen molar-refractivity contribution in [2.45, 2.75) is 33.7 Å². The first-order chi connectivity index (χ1) is 8.79. The first-order valence-corrected chi connectivity index (χ1v) is 6.24. The third kappa shape index (κ3) is 4.62. The summed E-state index contributed by atoms with van der Waals surface area (Å²) in [6.07, 6.45) is 0. The maximum absolute atomic E-state index is 12.1. The van der Waals surface area contributed by atoms with Gasteiger partial charge >= 0.3 is 6.03 Å². The molecule has 1 rings (SSSR count). The summed E-state index contributed by atoms with van der Waals surface area (Å²) in [5, 5.41) is 5.26. The van der Waals surface area contributed by atoms with Crippen molar-refractivity contribution in [3.63, 3.8) is 0 Å². The molecule has 0 heterocycles. The molecule has 5 nitrogen and oxygen atoms in total. The molecule has 0 spiro atoms. The molecule has 19 heavy (non-hydrogen) atoms. The summed E-state index contributed by atoms with van der Waals surface area (Å²) < 4.78 is 0. The second-order valence-corrected chi connectivity index (χ2v) is 5.10. The highest BCUT2D eigenvalue weighted by molar-refractivity contribution is 5.97. The fraction of sp³-hybridized carbons (Fsp3) is 0.429. The molecule has 4 N–H and O–H groups in total. The molecule has 1 aromatic rings. The smallest absolute Gasteiger partial charge is 0.312 e. The summed E-state index contributed by atoms with van der Waals surface area (Å²) in [4.78, 5) is 23.0. The van der Waals surface area contributed by atoms with E-state index in [0.717, 1.165) is 16.8 Å². The Balaban J connectivity index is 2.83. The van der Waals surface area contributed by atoms with Crippen molar-refractivity contribution in [1.29, 1.82) is 0 Å². The molecule has 0 fully saturated rings. The Morgan fingerprint density at radius 1 is 1.11 bits per heavy atom. The number of amides is 3. The van der Waals surface area contributed by atoms with Crippen molar-refractivity contribution < 1.29 is 9.59 Å². The van der Waals surface area contributed by atoms with Gasteiger partial charge in [-0.3, -0.25) is 4.79 Å². The quantitative estimate of drug-likeness (QED) is 0.775. The number of rotatable bonds is 4. The maximum Gasteiger partial charge on any atom is 0.312 e. The van der Waals surface area contributed by atoms with Crippen molar-refractivity contribution in [3.05, 3.63) is 29.3 Å². The van der Waals surface area contributed by atoms with Crippen LogP contribution in [-0.4, -0.2) is 18.0 Å². The number of nitrogens with two attached hydrogens (primary N) is 1. The summed E-state index contributed by atoms with van der Waals surface area (Å²) >= 11 is 0. The van der Waals surface area contributed by atoms with Crippen LogP contribution in [0.25, 0.3) is 0 Å². The van der Waals surface area contributed by atoms with Gasteiger partial charge < -0.3 is 16.4 Å². The Bertz CT molecular complexity index is 463. The van der Waals surface area contributed by atoms with Gasteiger partial charge in [-0.05, 0) is 43.0 Å². The van der Waals surface area contributed by atoms with E-state index in [-0.39, 0.29) is 11.8 Å². The van der Waals surface area contributed by atoms with E-state index in [1.165, 1.54) is 0 Å². The number of anilines is 1. The molecule has 0 unspecified atom stereocenters. The molecule has 0 bridgehead atoms. The summed E-state index contributed by atoms with van der Waals surface area (Å²) in [6.45, 7) is 7.62. The Morgan fingerprint density at radius 2 is 1.63 bits per heavy atom. The van der Waals surface area contributed by atoms with Gasteiger partial charge in [-0.25, -0.2) is 4.79 Å². The van der Waals surface area contributed by atoms with Crippen LogP contribution in [0.5, 0.6) is 0 Å². The molecule has 1 atom stereocenters. The molecule has 0 aliphatic rings. The second kappa shape index (κ2) is 6.22. The van der Waals surface area contributed by atoms with Gasteiger partial charge in [0, 0.05) is 5.69 Å². The maximum atomic E-state index is 12.1. The lowest BCUT2D eigenvalue weighted by Gasteiger charge is -2.20. The molecule has 0 radical (unpaired) electrons. The molecule has 104 valence electrons. The van der Waals surface area contributed by atoms with Crippen LogP contribution < -0.4 is 16.4 Å². The van der Waals surface area contributed by atoms with Gasteiger partial charge in [0.15, 0.2) is 0 Å². The predicted octanol–water partition coefficient (Wildman–Crippen LogP) is 1.93. The highest BCUT2D eigenvalue weighted by Crippen LogP contribution is 2.15. The first-order valence-electron chi connectivity index (χ1n) is 6.24. The summed E-state index contributed by atoms with van der Waals surface area (Å²) in [5.41, 5.74) is 7.94. The molecule has 3 amide bonds. The van der Waals surface area contributed by atoms with Crippen molar-refractivity contribution in [3.8, 4) is 0 Å². The van der Waals surface area contributed by atoms with Crippen LogP contribution in [0.15, 0.2) is 18.2 Å². The zero-order valence-electron chi connectivity index (χ0n) is 11.8. The Morgan fingerprint density at radius 3 is 2.05 bits per heavy atom. The number of aryl methyl sites for hydroxylation is 2. The standard InChI is InChI=1S/C14H21N3O2/c1-8(2)12(17-14(15)19)13(18)16-11-6-9(3)5-10(4)7-11/h5-8,12H,1-4H3,(H,16,18)(H3,15,17,19)/t12-/m0/s1. The number of hydrogen-bond acceptors (Lipinski definition) is 2. The topological polar surface area (TPSA) is 84.2 Å². The third-order valence-corrected chi connectivity index (χ3v) is 2.74. The number of carbonyl (C=O) groups excluding carboxylic acids is 2. The number of primary amides is 1. The molecule has 1 aromatic carbocycles. The summed E-state index contributed by atoms with van der Waals surface area (Å²) in [5.74, 6) is -0.308. The second-order valence-electron chi connectivity index (χ2n) is 5.10. The van der Waals surface area contributed by atoms with Gasteiger partial charge in [0.05, 0.1) is 0 Å². The lowest BCUT2D eigenvalue weighted by Crippen LogP contribution is -2.49. The monoisotopic (exact) mass is 263 g/mol. The van der Waals surface area contributed by atoms with E-state index in [0.29, 0.717) is 0 Å². The van der Waals surface area contributed by atoms with Gasteiger partial charge in [0.1, 0.15) is 6.04 Å². The Hall–Kier alpha value is -2.04. The highest BCUT2D eigenvalue weighted by Gasteiger charge is 2.23. The average Bonchev–Trinajstić information content (AvgIpc) is 2.23. The molecule has 0 saturated carbocycles. The van der Waals surface area contributed by atoms with Crippen molar-refractivity contribution in [1.82, 2.24) is 5.32 Å². The molecule has 0 aliphatic carbocycles. The van der Waals surface area contributed by atoms with Gasteiger partial charge in [0.25, 0.3) is 0 Å². The molecular weight excluding hydrogens is 242 g/mol. The van der Waals surface area contributed by atoms with E-state index in [1.54, 1.807) is 0 Å².